The Morgan fingerprint density at radius 2 is 2.04 bits per heavy atom. The molecule has 2 aromatic carbocycles. The van der Waals surface area contributed by atoms with Crippen LogP contribution in [0.2, 0.25) is 0 Å². The van der Waals surface area contributed by atoms with E-state index in [-0.39, 0.29) is 11.9 Å². The standard InChI is InChI=1S/C21H21BrN2O2/c1-3-7-14(2)24-20(25)17-10-4-5-11-18(17)21-23-13-19(26-21)15-8-6-9-16(22)12-15/h4-6,8-14H,3,7H2,1-2H3,(H,24,25)/t14-/m0/s1. The Morgan fingerprint density at radius 3 is 2.81 bits per heavy atom. The van der Waals surface area contributed by atoms with Crippen molar-refractivity contribution in [1.29, 1.82) is 0 Å². The Labute approximate surface area is 161 Å². The minimum absolute atomic E-state index is 0.108. The highest BCUT2D eigenvalue weighted by Gasteiger charge is 2.18. The fourth-order valence-electron chi connectivity index (χ4n) is 2.85. The van der Waals surface area contributed by atoms with Crippen molar-refractivity contribution in [3.05, 3.63) is 64.8 Å². The van der Waals surface area contributed by atoms with Gasteiger partial charge in [-0.25, -0.2) is 4.98 Å². The molecule has 0 aliphatic rings. The van der Waals surface area contributed by atoms with Gasteiger partial charge in [-0.2, -0.15) is 0 Å². The largest absolute Gasteiger partial charge is 0.436 e. The van der Waals surface area contributed by atoms with E-state index in [1.54, 1.807) is 12.3 Å². The van der Waals surface area contributed by atoms with Crippen LogP contribution in [0.5, 0.6) is 0 Å². The lowest BCUT2D eigenvalue weighted by Gasteiger charge is -2.14. The Morgan fingerprint density at radius 1 is 1.23 bits per heavy atom. The molecule has 4 nitrogen and oxygen atoms in total. The van der Waals surface area contributed by atoms with E-state index in [0.29, 0.717) is 22.8 Å². The normalized spacial score (nSPS) is 12.0. The first kappa shape index (κ1) is 18.4. The lowest BCUT2D eigenvalue weighted by Crippen LogP contribution is -2.32. The summed E-state index contributed by atoms with van der Waals surface area (Å²) in [7, 11) is 0. The topological polar surface area (TPSA) is 55.1 Å². The fourth-order valence-corrected chi connectivity index (χ4v) is 3.25. The molecule has 134 valence electrons. The zero-order valence-electron chi connectivity index (χ0n) is 14.8. The molecule has 0 fully saturated rings. The maximum atomic E-state index is 12.7. The second-order valence-corrected chi connectivity index (χ2v) is 7.16. The Kier molecular flexibility index (Phi) is 5.89. The van der Waals surface area contributed by atoms with Crippen LogP contribution in [0.25, 0.3) is 22.8 Å². The highest BCUT2D eigenvalue weighted by Crippen LogP contribution is 2.29. The van der Waals surface area contributed by atoms with E-state index in [1.165, 1.54) is 0 Å². The second kappa shape index (κ2) is 8.32. The molecule has 0 saturated carbocycles. The molecule has 0 spiro atoms. The van der Waals surface area contributed by atoms with E-state index >= 15 is 0 Å². The number of oxazole rings is 1. The van der Waals surface area contributed by atoms with Gasteiger partial charge < -0.3 is 9.73 Å². The third-order valence-corrected chi connectivity index (χ3v) is 4.61. The Hall–Kier alpha value is -2.40. The van der Waals surface area contributed by atoms with Crippen LogP contribution in [0, 0.1) is 0 Å². The minimum Gasteiger partial charge on any atom is -0.436 e. The van der Waals surface area contributed by atoms with Gasteiger partial charge >= 0.3 is 0 Å². The number of nitrogens with one attached hydrogen (secondary N) is 1. The van der Waals surface area contributed by atoms with Crippen molar-refractivity contribution in [3.63, 3.8) is 0 Å². The van der Waals surface area contributed by atoms with Gasteiger partial charge in [-0.15, -0.1) is 0 Å². The average molecular weight is 413 g/mol. The number of carbonyl (C=O) groups is 1. The summed E-state index contributed by atoms with van der Waals surface area (Å²) >= 11 is 3.46. The highest BCUT2D eigenvalue weighted by molar-refractivity contribution is 9.10. The predicted molar refractivity (Wildman–Crippen MR) is 107 cm³/mol. The van der Waals surface area contributed by atoms with Crippen LogP contribution >= 0.6 is 15.9 Å². The van der Waals surface area contributed by atoms with E-state index in [1.807, 2.05) is 49.4 Å². The van der Waals surface area contributed by atoms with Crippen molar-refractivity contribution in [3.8, 4) is 22.8 Å². The molecule has 1 atom stereocenters. The molecule has 1 heterocycles. The van der Waals surface area contributed by atoms with E-state index in [2.05, 4.69) is 33.2 Å². The van der Waals surface area contributed by atoms with Crippen LogP contribution in [0.1, 0.15) is 37.0 Å². The molecule has 1 amide bonds. The summed E-state index contributed by atoms with van der Waals surface area (Å²) in [5.41, 5.74) is 2.18. The molecule has 1 N–H and O–H groups in total. The zero-order valence-corrected chi connectivity index (χ0v) is 16.4. The summed E-state index contributed by atoms with van der Waals surface area (Å²) in [6.45, 7) is 4.12. The number of rotatable bonds is 6. The molecule has 3 aromatic rings. The van der Waals surface area contributed by atoms with Gasteiger partial charge in [0.15, 0.2) is 5.76 Å². The van der Waals surface area contributed by atoms with Gasteiger partial charge in [-0.1, -0.05) is 53.5 Å². The predicted octanol–water partition coefficient (Wildman–Crippen LogP) is 5.69. The SMILES string of the molecule is CCC[C@H](C)NC(=O)c1ccccc1-c1ncc(-c2cccc(Br)c2)o1. The lowest BCUT2D eigenvalue weighted by atomic mass is 10.1. The van der Waals surface area contributed by atoms with Crippen molar-refractivity contribution in [2.75, 3.05) is 0 Å². The van der Waals surface area contributed by atoms with Crippen LogP contribution in [0.15, 0.2) is 63.6 Å². The van der Waals surface area contributed by atoms with Gasteiger partial charge in [0.05, 0.1) is 11.8 Å². The quantitative estimate of drug-likeness (QED) is 0.565. The van der Waals surface area contributed by atoms with Crippen LogP contribution in [0.3, 0.4) is 0 Å². The molecule has 0 saturated heterocycles. The van der Waals surface area contributed by atoms with Crippen molar-refractivity contribution in [2.24, 2.45) is 0 Å². The molecular weight excluding hydrogens is 392 g/mol. The molecule has 26 heavy (non-hydrogen) atoms. The van der Waals surface area contributed by atoms with Crippen molar-refractivity contribution in [2.45, 2.75) is 32.7 Å². The van der Waals surface area contributed by atoms with Crippen LogP contribution < -0.4 is 5.32 Å². The Bertz CT molecular complexity index is 904. The zero-order chi connectivity index (χ0) is 18.5. The molecule has 3 rings (SSSR count). The summed E-state index contributed by atoms with van der Waals surface area (Å²) in [4.78, 5) is 17.0. The molecule has 0 aliphatic carbocycles. The number of hydrogen-bond donors (Lipinski definition) is 1. The number of halogens is 1. The smallest absolute Gasteiger partial charge is 0.252 e. The first-order valence-electron chi connectivity index (χ1n) is 8.70. The van der Waals surface area contributed by atoms with Crippen molar-refractivity contribution in [1.82, 2.24) is 10.3 Å². The fraction of sp³-hybridized carbons (Fsp3) is 0.238. The van der Waals surface area contributed by atoms with Gasteiger partial charge in [0, 0.05) is 21.6 Å². The number of hydrogen-bond acceptors (Lipinski definition) is 3. The van der Waals surface area contributed by atoms with E-state index in [9.17, 15) is 4.79 Å². The van der Waals surface area contributed by atoms with Gasteiger partial charge in [-0.05, 0) is 37.6 Å². The number of carbonyl (C=O) groups excluding carboxylic acids is 1. The number of benzene rings is 2. The molecule has 1 aromatic heterocycles. The number of amides is 1. The maximum absolute atomic E-state index is 12.7. The van der Waals surface area contributed by atoms with Gasteiger partial charge in [-0.3, -0.25) is 4.79 Å². The van der Waals surface area contributed by atoms with Gasteiger partial charge in [0.2, 0.25) is 5.89 Å². The highest BCUT2D eigenvalue weighted by atomic mass is 79.9. The van der Waals surface area contributed by atoms with Gasteiger partial charge in [0.1, 0.15) is 0 Å². The first-order chi connectivity index (χ1) is 12.6. The third kappa shape index (κ3) is 4.22. The van der Waals surface area contributed by atoms with Crippen molar-refractivity contribution < 1.29 is 9.21 Å². The van der Waals surface area contributed by atoms with E-state index in [4.69, 9.17) is 4.42 Å². The molecule has 5 heteroatoms. The lowest BCUT2D eigenvalue weighted by molar-refractivity contribution is 0.0938. The first-order valence-corrected chi connectivity index (χ1v) is 9.49. The third-order valence-electron chi connectivity index (χ3n) is 4.12. The van der Waals surface area contributed by atoms with Crippen LogP contribution in [-0.4, -0.2) is 16.9 Å². The maximum Gasteiger partial charge on any atom is 0.252 e. The summed E-state index contributed by atoms with van der Waals surface area (Å²) in [6.07, 6.45) is 3.66. The average Bonchev–Trinajstić information content (AvgIpc) is 3.12. The van der Waals surface area contributed by atoms with Crippen LogP contribution in [-0.2, 0) is 0 Å². The van der Waals surface area contributed by atoms with E-state index in [0.717, 1.165) is 22.9 Å². The summed E-state index contributed by atoms with van der Waals surface area (Å²) in [6, 6.07) is 15.3. The molecular formula is C21H21BrN2O2. The summed E-state index contributed by atoms with van der Waals surface area (Å²) in [5.74, 6) is 0.994. The van der Waals surface area contributed by atoms with Gasteiger partial charge in [0.25, 0.3) is 5.91 Å². The number of aromatic nitrogens is 1. The number of nitrogens with zero attached hydrogens (tertiary/aromatic N) is 1. The minimum atomic E-state index is -0.108. The van der Waals surface area contributed by atoms with Crippen LogP contribution in [0.4, 0.5) is 0 Å². The molecule has 0 radical (unpaired) electrons. The van der Waals surface area contributed by atoms with E-state index < -0.39 is 0 Å². The molecule has 0 bridgehead atoms. The summed E-state index contributed by atoms with van der Waals surface area (Å²) in [5, 5.41) is 3.04. The molecule has 0 aliphatic heterocycles. The van der Waals surface area contributed by atoms with Crippen molar-refractivity contribution >= 4 is 21.8 Å². The monoisotopic (exact) mass is 412 g/mol. The summed E-state index contributed by atoms with van der Waals surface area (Å²) < 4.78 is 6.91. The molecule has 0 unspecified atom stereocenters. The Balaban J connectivity index is 1.90. The second-order valence-electron chi connectivity index (χ2n) is 6.25.